The van der Waals surface area contributed by atoms with Crippen LogP contribution in [0, 0.1) is 11.8 Å². The summed E-state index contributed by atoms with van der Waals surface area (Å²) in [6.07, 6.45) is 0.0220. The van der Waals surface area contributed by atoms with Crippen LogP contribution in [0.1, 0.15) is 31.1 Å². The Morgan fingerprint density at radius 3 is 2.69 bits per heavy atom. The van der Waals surface area contributed by atoms with Crippen molar-refractivity contribution in [1.29, 1.82) is 0 Å². The topological polar surface area (TPSA) is 9.23 Å². The molecule has 0 aromatic heterocycles. The van der Waals surface area contributed by atoms with E-state index in [0.29, 0.717) is 0 Å². The zero-order chi connectivity index (χ0) is 9.68. The van der Waals surface area contributed by atoms with Crippen LogP contribution in [0.5, 0.6) is 0 Å². The number of hydrogen-bond donors (Lipinski definition) is 0. The SMILES string of the molecule is CC#Cc1ccccc1C(C)O[Si]. The first-order chi connectivity index (χ1) is 6.29. The van der Waals surface area contributed by atoms with E-state index in [1.165, 1.54) is 0 Å². The third kappa shape index (κ3) is 2.45. The molecule has 2 heteroatoms. The summed E-state index contributed by atoms with van der Waals surface area (Å²) in [5.41, 5.74) is 2.13. The summed E-state index contributed by atoms with van der Waals surface area (Å²) < 4.78 is 5.06. The fourth-order valence-electron chi connectivity index (χ4n) is 1.16. The van der Waals surface area contributed by atoms with Crippen LogP contribution in [0.4, 0.5) is 0 Å². The summed E-state index contributed by atoms with van der Waals surface area (Å²) in [7, 11) is 3.04. The molecule has 0 spiro atoms. The van der Waals surface area contributed by atoms with Crippen LogP contribution in [0.15, 0.2) is 24.3 Å². The van der Waals surface area contributed by atoms with Gasteiger partial charge >= 0.3 is 0 Å². The summed E-state index contributed by atoms with van der Waals surface area (Å²) in [5.74, 6) is 5.92. The fourth-order valence-corrected chi connectivity index (χ4v) is 1.29. The van der Waals surface area contributed by atoms with Gasteiger partial charge < -0.3 is 4.43 Å². The Morgan fingerprint density at radius 2 is 2.08 bits per heavy atom. The lowest BCUT2D eigenvalue weighted by molar-refractivity contribution is 0.250. The Kier molecular flexibility index (Phi) is 3.75. The van der Waals surface area contributed by atoms with Crippen LogP contribution in [-0.2, 0) is 4.43 Å². The lowest BCUT2D eigenvalue weighted by Crippen LogP contribution is -1.99. The molecule has 1 aromatic rings. The normalized spacial score (nSPS) is 11.6. The molecule has 0 N–H and O–H groups in total. The second-order valence-electron chi connectivity index (χ2n) is 2.72. The Balaban J connectivity index is 3.09. The van der Waals surface area contributed by atoms with Crippen LogP contribution in [0.25, 0.3) is 0 Å². The fraction of sp³-hybridized carbons (Fsp3) is 0.273. The zero-order valence-corrected chi connectivity index (χ0v) is 8.79. The smallest absolute Gasteiger partial charge is 0.247 e. The first-order valence-corrected chi connectivity index (χ1v) is 4.54. The van der Waals surface area contributed by atoms with Gasteiger partial charge in [-0.1, -0.05) is 24.1 Å². The van der Waals surface area contributed by atoms with Gasteiger partial charge in [0, 0.05) is 5.56 Å². The molecule has 65 valence electrons. The molecule has 0 bridgehead atoms. The molecule has 0 amide bonds. The summed E-state index contributed by atoms with van der Waals surface area (Å²) in [5, 5.41) is 0. The molecule has 1 atom stereocenters. The van der Waals surface area contributed by atoms with Gasteiger partial charge in [-0.05, 0) is 25.5 Å². The summed E-state index contributed by atoms with van der Waals surface area (Å²) in [4.78, 5) is 0. The Morgan fingerprint density at radius 1 is 1.38 bits per heavy atom. The molecule has 13 heavy (non-hydrogen) atoms. The first kappa shape index (κ1) is 10.0. The van der Waals surface area contributed by atoms with Gasteiger partial charge in [-0.25, -0.2) is 0 Å². The van der Waals surface area contributed by atoms with Crippen molar-refractivity contribution in [3.63, 3.8) is 0 Å². The van der Waals surface area contributed by atoms with Crippen molar-refractivity contribution < 1.29 is 4.43 Å². The van der Waals surface area contributed by atoms with E-state index < -0.39 is 0 Å². The predicted molar refractivity (Wildman–Crippen MR) is 54.2 cm³/mol. The van der Waals surface area contributed by atoms with E-state index in [1.807, 2.05) is 38.1 Å². The lowest BCUT2D eigenvalue weighted by atomic mass is 10.0. The highest BCUT2D eigenvalue weighted by atomic mass is 28.2. The second-order valence-corrected chi connectivity index (χ2v) is 2.96. The Hall–Kier alpha value is -1.04. The molecule has 1 aromatic carbocycles. The van der Waals surface area contributed by atoms with Gasteiger partial charge in [0.15, 0.2) is 0 Å². The van der Waals surface area contributed by atoms with E-state index in [2.05, 4.69) is 22.3 Å². The largest absolute Gasteiger partial charge is 0.412 e. The molecular weight excluding hydrogens is 176 g/mol. The van der Waals surface area contributed by atoms with Crippen LogP contribution < -0.4 is 0 Å². The highest BCUT2D eigenvalue weighted by Gasteiger charge is 2.06. The molecule has 3 radical (unpaired) electrons. The highest BCUT2D eigenvalue weighted by molar-refractivity contribution is 5.98. The van der Waals surface area contributed by atoms with E-state index >= 15 is 0 Å². The summed E-state index contributed by atoms with van der Waals surface area (Å²) >= 11 is 0. The third-order valence-corrected chi connectivity index (χ3v) is 2.19. The van der Waals surface area contributed by atoms with Crippen LogP contribution >= 0.6 is 0 Å². The van der Waals surface area contributed by atoms with Gasteiger partial charge in [0.2, 0.25) is 10.5 Å². The summed E-state index contributed by atoms with van der Waals surface area (Å²) in [6, 6.07) is 7.97. The number of benzene rings is 1. The molecule has 0 aliphatic carbocycles. The van der Waals surface area contributed by atoms with Gasteiger partial charge in [-0.2, -0.15) is 0 Å². The van der Waals surface area contributed by atoms with Crippen LogP contribution in [-0.4, -0.2) is 10.5 Å². The predicted octanol–water partition coefficient (Wildman–Crippen LogP) is 2.22. The minimum Gasteiger partial charge on any atom is -0.412 e. The van der Waals surface area contributed by atoms with Gasteiger partial charge in [0.1, 0.15) is 0 Å². The number of rotatable bonds is 2. The van der Waals surface area contributed by atoms with E-state index in [1.54, 1.807) is 0 Å². The van der Waals surface area contributed by atoms with E-state index in [4.69, 9.17) is 4.43 Å². The zero-order valence-electron chi connectivity index (χ0n) is 7.79. The number of hydrogen-bond acceptors (Lipinski definition) is 1. The average Bonchev–Trinajstić information content (AvgIpc) is 2.18. The molecule has 0 saturated heterocycles. The minimum absolute atomic E-state index is 0.0220. The minimum atomic E-state index is 0.0220. The molecule has 0 heterocycles. The van der Waals surface area contributed by atoms with Crippen molar-refractivity contribution in [2.45, 2.75) is 20.0 Å². The monoisotopic (exact) mass is 187 g/mol. The second kappa shape index (κ2) is 4.86. The van der Waals surface area contributed by atoms with Gasteiger partial charge in [0.25, 0.3) is 0 Å². The third-order valence-electron chi connectivity index (χ3n) is 1.84. The summed E-state index contributed by atoms with van der Waals surface area (Å²) in [6.45, 7) is 3.80. The highest BCUT2D eigenvalue weighted by Crippen LogP contribution is 2.18. The van der Waals surface area contributed by atoms with Crippen LogP contribution in [0.3, 0.4) is 0 Å². The quantitative estimate of drug-likeness (QED) is 0.509. The molecule has 1 nitrogen and oxygen atoms in total. The van der Waals surface area contributed by atoms with Crippen molar-refractivity contribution in [3.8, 4) is 11.8 Å². The van der Waals surface area contributed by atoms with Gasteiger partial charge in [0.05, 0.1) is 6.10 Å². The Bertz CT molecular complexity index is 335. The van der Waals surface area contributed by atoms with Crippen molar-refractivity contribution in [2.75, 3.05) is 0 Å². The van der Waals surface area contributed by atoms with E-state index in [-0.39, 0.29) is 6.10 Å². The molecule has 0 aliphatic heterocycles. The van der Waals surface area contributed by atoms with E-state index in [0.717, 1.165) is 11.1 Å². The molecule has 1 unspecified atom stereocenters. The van der Waals surface area contributed by atoms with Crippen molar-refractivity contribution >= 4 is 10.5 Å². The average molecular weight is 187 g/mol. The molecule has 0 aliphatic rings. The van der Waals surface area contributed by atoms with Crippen LogP contribution in [0.2, 0.25) is 0 Å². The first-order valence-electron chi connectivity index (χ1n) is 4.13. The van der Waals surface area contributed by atoms with Gasteiger partial charge in [-0.15, -0.1) is 5.92 Å². The maximum absolute atomic E-state index is 5.06. The maximum atomic E-state index is 5.06. The lowest BCUT2D eigenvalue weighted by Gasteiger charge is -2.11. The molecule has 0 saturated carbocycles. The van der Waals surface area contributed by atoms with Crippen molar-refractivity contribution in [1.82, 2.24) is 0 Å². The van der Waals surface area contributed by atoms with E-state index in [9.17, 15) is 0 Å². The maximum Gasteiger partial charge on any atom is 0.247 e. The van der Waals surface area contributed by atoms with Gasteiger partial charge in [-0.3, -0.25) is 0 Å². The molecule has 0 fully saturated rings. The van der Waals surface area contributed by atoms with Crippen molar-refractivity contribution in [3.05, 3.63) is 35.4 Å². The van der Waals surface area contributed by atoms with Crippen molar-refractivity contribution in [2.24, 2.45) is 0 Å². The molecule has 1 rings (SSSR count). The molecular formula is C11H11OSi. The standard InChI is InChI=1S/C11H11OSi/c1-3-6-10-7-4-5-8-11(10)9(2)12-13/h4-5,7-9H,1-2H3. The Labute approximate surface area is 82.7 Å².